The van der Waals surface area contributed by atoms with Gasteiger partial charge in [-0.25, -0.2) is 4.98 Å². The molecule has 0 bridgehead atoms. The Labute approximate surface area is 171 Å². The fourth-order valence-corrected chi connectivity index (χ4v) is 4.28. The molecule has 0 saturated heterocycles. The van der Waals surface area contributed by atoms with Crippen LogP contribution in [0.3, 0.4) is 0 Å². The topological polar surface area (TPSA) is 60.4 Å². The summed E-state index contributed by atoms with van der Waals surface area (Å²) in [4.78, 5) is 18.7. The van der Waals surface area contributed by atoms with Crippen LogP contribution < -0.4 is 5.56 Å². The van der Waals surface area contributed by atoms with Crippen molar-refractivity contribution in [3.63, 3.8) is 0 Å². The summed E-state index contributed by atoms with van der Waals surface area (Å²) in [7, 11) is 0. The van der Waals surface area contributed by atoms with Crippen LogP contribution in [0.1, 0.15) is 4.88 Å². The molecule has 0 fully saturated rings. The van der Waals surface area contributed by atoms with E-state index in [2.05, 4.69) is 26.0 Å². The van der Waals surface area contributed by atoms with E-state index >= 15 is 0 Å². The van der Waals surface area contributed by atoms with Gasteiger partial charge in [0.2, 0.25) is 5.82 Å². The summed E-state index contributed by atoms with van der Waals surface area (Å²) >= 11 is 4.97. The second-order valence-electron chi connectivity index (χ2n) is 6.10. The van der Waals surface area contributed by atoms with Gasteiger partial charge in [0.15, 0.2) is 5.76 Å². The van der Waals surface area contributed by atoms with Gasteiger partial charge in [-0.15, -0.1) is 11.3 Å². The molecular formula is C21H12BrN3O2S. The second-order valence-corrected chi connectivity index (χ2v) is 8.60. The van der Waals surface area contributed by atoms with E-state index in [1.54, 1.807) is 12.3 Å². The normalized spacial score (nSPS) is 11.8. The number of halogens is 1. The van der Waals surface area contributed by atoms with Gasteiger partial charge in [0.05, 0.1) is 20.9 Å². The molecule has 0 aliphatic heterocycles. The molecule has 136 valence electrons. The number of furan rings is 1. The molecule has 5 rings (SSSR count). The van der Waals surface area contributed by atoms with Gasteiger partial charge in [0, 0.05) is 10.3 Å². The summed E-state index contributed by atoms with van der Waals surface area (Å²) in [6, 6.07) is 20.7. The third-order valence-electron chi connectivity index (χ3n) is 4.29. The predicted octanol–water partition coefficient (Wildman–Crippen LogP) is 5.52. The van der Waals surface area contributed by atoms with Crippen molar-refractivity contribution in [1.82, 2.24) is 9.66 Å². The van der Waals surface area contributed by atoms with Gasteiger partial charge in [-0.2, -0.15) is 9.78 Å². The van der Waals surface area contributed by atoms with Gasteiger partial charge >= 0.3 is 0 Å². The van der Waals surface area contributed by atoms with Crippen molar-refractivity contribution < 1.29 is 4.42 Å². The molecule has 7 heteroatoms. The van der Waals surface area contributed by atoms with Crippen LogP contribution in [0, 0.1) is 0 Å². The summed E-state index contributed by atoms with van der Waals surface area (Å²) in [6.45, 7) is 0. The predicted molar refractivity (Wildman–Crippen MR) is 116 cm³/mol. The van der Waals surface area contributed by atoms with Gasteiger partial charge in [-0.3, -0.25) is 4.79 Å². The maximum Gasteiger partial charge on any atom is 0.282 e. The molecule has 3 heterocycles. The molecule has 0 atom stereocenters. The van der Waals surface area contributed by atoms with E-state index in [1.165, 1.54) is 16.0 Å². The number of thiophene rings is 1. The van der Waals surface area contributed by atoms with Crippen molar-refractivity contribution in [3.8, 4) is 11.6 Å². The Morgan fingerprint density at radius 1 is 1.07 bits per heavy atom. The van der Waals surface area contributed by atoms with Gasteiger partial charge < -0.3 is 4.42 Å². The van der Waals surface area contributed by atoms with Crippen LogP contribution in [-0.2, 0) is 0 Å². The first-order chi connectivity index (χ1) is 13.7. The van der Waals surface area contributed by atoms with Crippen molar-refractivity contribution in [2.24, 2.45) is 5.10 Å². The fourth-order valence-electron chi connectivity index (χ4n) is 2.99. The van der Waals surface area contributed by atoms with E-state index in [1.807, 2.05) is 60.7 Å². The molecule has 3 aromatic heterocycles. The van der Waals surface area contributed by atoms with Crippen molar-refractivity contribution in [3.05, 3.63) is 85.7 Å². The number of fused-ring (bicyclic) bond motifs is 2. The average molecular weight is 450 g/mol. The van der Waals surface area contributed by atoms with Crippen LogP contribution in [0.25, 0.3) is 33.5 Å². The number of rotatable bonds is 3. The minimum absolute atomic E-state index is 0.243. The Balaban J connectivity index is 1.76. The lowest BCUT2D eigenvalue weighted by atomic mass is 10.2. The van der Waals surface area contributed by atoms with Crippen LogP contribution in [0.5, 0.6) is 0 Å². The van der Waals surface area contributed by atoms with Gasteiger partial charge in [0.1, 0.15) is 5.58 Å². The maximum atomic E-state index is 13.1. The van der Waals surface area contributed by atoms with Crippen LogP contribution >= 0.6 is 27.3 Å². The lowest BCUT2D eigenvalue weighted by Crippen LogP contribution is -2.20. The molecular weight excluding hydrogens is 438 g/mol. The monoisotopic (exact) mass is 449 g/mol. The van der Waals surface area contributed by atoms with Crippen LogP contribution in [0.2, 0.25) is 0 Å². The second kappa shape index (κ2) is 6.85. The minimum atomic E-state index is -0.243. The van der Waals surface area contributed by atoms with E-state index in [0.717, 1.165) is 19.6 Å². The molecule has 0 N–H and O–H groups in total. The smallest absolute Gasteiger partial charge is 0.282 e. The molecule has 0 radical (unpaired) electrons. The van der Waals surface area contributed by atoms with Crippen LogP contribution in [0.15, 0.2) is 84.8 Å². The van der Waals surface area contributed by atoms with E-state index in [9.17, 15) is 4.79 Å². The van der Waals surface area contributed by atoms with Crippen molar-refractivity contribution >= 4 is 55.4 Å². The summed E-state index contributed by atoms with van der Waals surface area (Å²) in [5, 5.41) is 5.88. The highest BCUT2D eigenvalue weighted by molar-refractivity contribution is 9.11. The zero-order valence-electron chi connectivity index (χ0n) is 14.4. The van der Waals surface area contributed by atoms with E-state index in [-0.39, 0.29) is 5.56 Å². The highest BCUT2D eigenvalue weighted by Crippen LogP contribution is 2.27. The summed E-state index contributed by atoms with van der Waals surface area (Å²) in [5.74, 6) is 0.861. The number of aromatic nitrogens is 2. The maximum absolute atomic E-state index is 13.1. The first-order valence-electron chi connectivity index (χ1n) is 8.49. The molecule has 0 spiro atoms. The number of hydrogen-bond acceptors (Lipinski definition) is 5. The number of benzene rings is 2. The standard InChI is InChI=1S/C21H12BrN3O2S/c22-19-10-9-14(28-19)12-23-25-20(18-11-13-5-1-4-8-17(13)27-18)24-16-7-3-2-6-15(16)21(25)26/h1-12H. The lowest BCUT2D eigenvalue weighted by molar-refractivity contribution is 0.616. The molecule has 5 nitrogen and oxygen atoms in total. The number of para-hydroxylation sites is 2. The molecule has 2 aromatic carbocycles. The number of nitrogens with zero attached hydrogens (tertiary/aromatic N) is 3. The third kappa shape index (κ3) is 2.98. The van der Waals surface area contributed by atoms with Crippen molar-refractivity contribution in [2.75, 3.05) is 0 Å². The SMILES string of the molecule is O=c1c2ccccc2nc(-c2cc3ccccc3o2)n1N=Cc1ccc(Br)s1. The molecule has 28 heavy (non-hydrogen) atoms. The Bertz CT molecular complexity index is 1380. The van der Waals surface area contributed by atoms with Crippen molar-refractivity contribution in [2.45, 2.75) is 0 Å². The van der Waals surface area contributed by atoms with Crippen LogP contribution in [0.4, 0.5) is 0 Å². The third-order valence-corrected chi connectivity index (χ3v) is 5.85. The Kier molecular flexibility index (Phi) is 4.18. The van der Waals surface area contributed by atoms with Gasteiger partial charge in [-0.05, 0) is 52.3 Å². The van der Waals surface area contributed by atoms with E-state index in [4.69, 9.17) is 4.42 Å². The summed E-state index contributed by atoms with van der Waals surface area (Å²) in [5.41, 5.74) is 1.10. The zero-order valence-corrected chi connectivity index (χ0v) is 16.8. The molecule has 5 aromatic rings. The lowest BCUT2D eigenvalue weighted by Gasteiger charge is -2.06. The van der Waals surface area contributed by atoms with Gasteiger partial charge in [0.25, 0.3) is 5.56 Å². The summed E-state index contributed by atoms with van der Waals surface area (Å²) in [6.07, 6.45) is 1.65. The molecule has 0 aliphatic carbocycles. The Morgan fingerprint density at radius 3 is 2.71 bits per heavy atom. The highest BCUT2D eigenvalue weighted by Gasteiger charge is 2.16. The Morgan fingerprint density at radius 2 is 1.89 bits per heavy atom. The van der Waals surface area contributed by atoms with E-state index in [0.29, 0.717) is 22.5 Å². The Hall–Kier alpha value is -3.03. The van der Waals surface area contributed by atoms with Crippen LogP contribution in [-0.4, -0.2) is 15.9 Å². The fraction of sp³-hybridized carbons (Fsp3) is 0. The molecule has 0 aliphatic rings. The van der Waals surface area contributed by atoms with E-state index < -0.39 is 0 Å². The summed E-state index contributed by atoms with van der Waals surface area (Å²) < 4.78 is 8.25. The largest absolute Gasteiger partial charge is 0.453 e. The molecule has 0 saturated carbocycles. The van der Waals surface area contributed by atoms with Gasteiger partial charge in [-0.1, -0.05) is 30.3 Å². The highest BCUT2D eigenvalue weighted by atomic mass is 79.9. The molecule has 0 unspecified atom stereocenters. The zero-order chi connectivity index (χ0) is 19.1. The first-order valence-corrected chi connectivity index (χ1v) is 10.1. The minimum Gasteiger partial charge on any atom is -0.453 e. The van der Waals surface area contributed by atoms with Crippen molar-refractivity contribution in [1.29, 1.82) is 0 Å². The molecule has 0 amide bonds. The average Bonchev–Trinajstić information content (AvgIpc) is 3.33. The quantitative estimate of drug-likeness (QED) is 0.341. The first kappa shape index (κ1) is 17.1. The number of hydrogen-bond donors (Lipinski definition) is 0.